The average molecular weight is 270 g/mol. The van der Waals surface area contributed by atoms with Crippen LogP contribution in [0, 0.1) is 0 Å². The van der Waals surface area contributed by atoms with Gasteiger partial charge >= 0.3 is 6.09 Å². The molecular formula is C11H18N4O2S. The summed E-state index contributed by atoms with van der Waals surface area (Å²) in [5, 5.41) is 0.686. The van der Waals surface area contributed by atoms with Gasteiger partial charge in [-0.2, -0.15) is 0 Å². The Bertz CT molecular complexity index is 452. The first-order valence-electron chi connectivity index (χ1n) is 5.82. The second-order valence-electron chi connectivity index (χ2n) is 5.19. The fourth-order valence-corrected chi connectivity index (χ4v) is 2.67. The Morgan fingerprint density at radius 1 is 1.56 bits per heavy atom. The molecule has 1 amide bonds. The largest absolute Gasteiger partial charge is 0.444 e. The molecule has 0 unspecified atom stereocenters. The van der Waals surface area contributed by atoms with E-state index in [9.17, 15) is 4.79 Å². The molecule has 0 radical (unpaired) electrons. The molecule has 1 aromatic heterocycles. The summed E-state index contributed by atoms with van der Waals surface area (Å²) in [7, 11) is 0. The van der Waals surface area contributed by atoms with Crippen LogP contribution in [0.25, 0.3) is 0 Å². The normalized spacial score (nSPS) is 15.2. The Labute approximate surface area is 110 Å². The summed E-state index contributed by atoms with van der Waals surface area (Å²) in [6.07, 6.45) is 0.469. The maximum atomic E-state index is 11.9. The number of hydrogen-bond acceptors (Lipinski definition) is 6. The topological polar surface area (TPSA) is 80.5 Å². The van der Waals surface area contributed by atoms with Gasteiger partial charge in [0.1, 0.15) is 5.60 Å². The fourth-order valence-electron chi connectivity index (χ4n) is 1.74. The van der Waals surface area contributed by atoms with Crippen LogP contribution >= 0.6 is 11.3 Å². The van der Waals surface area contributed by atoms with Gasteiger partial charge in [-0.05, 0) is 20.8 Å². The van der Waals surface area contributed by atoms with Crippen molar-refractivity contribution in [3.8, 4) is 0 Å². The highest BCUT2D eigenvalue weighted by atomic mass is 32.1. The lowest BCUT2D eigenvalue weighted by Crippen LogP contribution is -2.39. The van der Waals surface area contributed by atoms with E-state index in [-0.39, 0.29) is 6.09 Å². The van der Waals surface area contributed by atoms with Crippen molar-refractivity contribution in [3.05, 3.63) is 10.6 Å². The zero-order chi connectivity index (χ0) is 13.3. The third-order valence-electron chi connectivity index (χ3n) is 2.51. The lowest BCUT2D eigenvalue weighted by molar-refractivity contribution is 0.0226. The molecule has 18 heavy (non-hydrogen) atoms. The van der Waals surface area contributed by atoms with Crippen molar-refractivity contribution in [1.29, 1.82) is 0 Å². The van der Waals surface area contributed by atoms with Gasteiger partial charge in [-0.15, -0.1) is 0 Å². The molecule has 7 heteroatoms. The van der Waals surface area contributed by atoms with Crippen molar-refractivity contribution in [2.45, 2.75) is 39.3 Å². The number of nitrogens with two attached hydrogens (primary N) is 1. The van der Waals surface area contributed by atoms with E-state index < -0.39 is 5.60 Å². The van der Waals surface area contributed by atoms with Crippen molar-refractivity contribution < 1.29 is 9.53 Å². The van der Waals surface area contributed by atoms with Crippen LogP contribution in [0.5, 0.6) is 0 Å². The summed E-state index contributed by atoms with van der Waals surface area (Å²) in [4.78, 5) is 19.1. The molecule has 1 aliphatic heterocycles. The van der Waals surface area contributed by atoms with Gasteiger partial charge in [0, 0.05) is 17.8 Å². The van der Waals surface area contributed by atoms with Crippen molar-refractivity contribution in [2.24, 2.45) is 5.84 Å². The van der Waals surface area contributed by atoms with Gasteiger partial charge in [-0.3, -0.25) is 5.43 Å². The van der Waals surface area contributed by atoms with Gasteiger partial charge in [-0.25, -0.2) is 15.6 Å². The molecule has 0 spiro atoms. The number of rotatable bonds is 1. The molecule has 3 N–H and O–H groups in total. The number of nitrogens with one attached hydrogen (secondary N) is 1. The Morgan fingerprint density at radius 3 is 2.89 bits per heavy atom. The van der Waals surface area contributed by atoms with Crippen LogP contribution in [0.2, 0.25) is 0 Å². The van der Waals surface area contributed by atoms with Gasteiger partial charge in [0.15, 0.2) is 5.13 Å². The van der Waals surface area contributed by atoms with Crippen molar-refractivity contribution in [3.63, 3.8) is 0 Å². The molecule has 0 bridgehead atoms. The van der Waals surface area contributed by atoms with Crippen molar-refractivity contribution in [1.82, 2.24) is 9.88 Å². The van der Waals surface area contributed by atoms with Gasteiger partial charge in [0.2, 0.25) is 0 Å². The minimum atomic E-state index is -0.463. The van der Waals surface area contributed by atoms with Crippen molar-refractivity contribution >= 4 is 22.6 Å². The van der Waals surface area contributed by atoms with Crippen LogP contribution in [-0.2, 0) is 17.7 Å². The maximum absolute atomic E-state index is 11.9. The first kappa shape index (κ1) is 13.1. The van der Waals surface area contributed by atoms with E-state index in [1.54, 1.807) is 4.90 Å². The summed E-state index contributed by atoms with van der Waals surface area (Å²) < 4.78 is 5.36. The standard InChI is InChI=1S/C11H18N4O2S/c1-11(2,3)17-10(16)15-5-4-7-8(6-15)18-9(13-7)14-12/h4-6,12H2,1-3H3,(H,13,14). The third kappa shape index (κ3) is 2.91. The zero-order valence-corrected chi connectivity index (χ0v) is 11.6. The summed E-state index contributed by atoms with van der Waals surface area (Å²) in [6, 6.07) is 0. The van der Waals surface area contributed by atoms with Crippen LogP contribution in [-0.4, -0.2) is 28.1 Å². The predicted molar refractivity (Wildman–Crippen MR) is 70.3 cm³/mol. The number of fused-ring (bicyclic) bond motifs is 1. The quantitative estimate of drug-likeness (QED) is 0.600. The van der Waals surface area contributed by atoms with Crippen LogP contribution in [0.4, 0.5) is 9.93 Å². The smallest absolute Gasteiger partial charge is 0.410 e. The summed E-state index contributed by atoms with van der Waals surface area (Å²) >= 11 is 1.48. The molecule has 6 nitrogen and oxygen atoms in total. The number of hydrogen-bond donors (Lipinski definition) is 2. The van der Waals surface area contributed by atoms with E-state index in [0.717, 1.165) is 17.0 Å². The van der Waals surface area contributed by atoms with Gasteiger partial charge in [0.05, 0.1) is 12.2 Å². The van der Waals surface area contributed by atoms with Crippen LogP contribution in [0.3, 0.4) is 0 Å². The number of anilines is 1. The highest BCUT2D eigenvalue weighted by Gasteiger charge is 2.27. The van der Waals surface area contributed by atoms with E-state index in [4.69, 9.17) is 10.6 Å². The molecular weight excluding hydrogens is 252 g/mol. The maximum Gasteiger partial charge on any atom is 0.410 e. The van der Waals surface area contributed by atoms with E-state index in [0.29, 0.717) is 18.2 Å². The van der Waals surface area contributed by atoms with Gasteiger partial charge in [-0.1, -0.05) is 11.3 Å². The summed E-state index contributed by atoms with van der Waals surface area (Å²) in [5.74, 6) is 5.33. The Hall–Kier alpha value is -1.34. The number of ether oxygens (including phenoxy) is 1. The highest BCUT2D eigenvalue weighted by Crippen LogP contribution is 2.28. The van der Waals surface area contributed by atoms with Crippen LogP contribution in [0.1, 0.15) is 31.3 Å². The monoisotopic (exact) mass is 270 g/mol. The lowest BCUT2D eigenvalue weighted by atomic mass is 10.2. The summed E-state index contributed by atoms with van der Waals surface area (Å²) in [6.45, 7) is 6.77. The van der Waals surface area contributed by atoms with E-state index in [2.05, 4.69) is 10.4 Å². The highest BCUT2D eigenvalue weighted by molar-refractivity contribution is 7.15. The number of carbonyl (C=O) groups is 1. The molecule has 0 saturated carbocycles. The molecule has 0 saturated heterocycles. The Morgan fingerprint density at radius 2 is 2.28 bits per heavy atom. The van der Waals surface area contributed by atoms with Crippen LogP contribution in [0.15, 0.2) is 0 Å². The van der Waals surface area contributed by atoms with E-state index >= 15 is 0 Å². The number of nitrogens with zero attached hydrogens (tertiary/aromatic N) is 2. The van der Waals surface area contributed by atoms with E-state index in [1.165, 1.54) is 11.3 Å². The number of thiazole rings is 1. The van der Waals surface area contributed by atoms with Gasteiger partial charge < -0.3 is 9.64 Å². The molecule has 0 atom stereocenters. The average Bonchev–Trinajstić information content (AvgIpc) is 2.68. The molecule has 2 rings (SSSR count). The first-order chi connectivity index (χ1) is 8.39. The van der Waals surface area contributed by atoms with Crippen LogP contribution < -0.4 is 11.3 Å². The molecule has 0 fully saturated rings. The Balaban J connectivity index is 2.05. The minimum Gasteiger partial charge on any atom is -0.444 e. The second-order valence-corrected chi connectivity index (χ2v) is 6.27. The first-order valence-corrected chi connectivity index (χ1v) is 6.64. The number of carbonyl (C=O) groups excluding carboxylic acids is 1. The second kappa shape index (κ2) is 4.74. The number of aromatic nitrogens is 1. The number of nitrogen functional groups attached to an aromatic ring is 1. The predicted octanol–water partition coefficient (Wildman–Crippen LogP) is 1.72. The minimum absolute atomic E-state index is 0.274. The fraction of sp³-hybridized carbons (Fsp3) is 0.636. The van der Waals surface area contributed by atoms with Gasteiger partial charge in [0.25, 0.3) is 0 Å². The summed E-state index contributed by atoms with van der Waals surface area (Å²) in [5.41, 5.74) is 3.10. The molecule has 1 aliphatic rings. The molecule has 0 aromatic carbocycles. The number of hydrazine groups is 1. The molecule has 0 aliphatic carbocycles. The lowest BCUT2D eigenvalue weighted by Gasteiger charge is -2.29. The molecule has 1 aromatic rings. The number of amides is 1. The SMILES string of the molecule is CC(C)(C)OC(=O)N1CCc2nc(NN)sc2C1. The third-order valence-corrected chi connectivity index (χ3v) is 3.52. The zero-order valence-electron chi connectivity index (χ0n) is 10.8. The molecule has 2 heterocycles. The molecule has 100 valence electrons. The van der Waals surface area contributed by atoms with E-state index in [1.807, 2.05) is 20.8 Å². The Kier molecular flexibility index (Phi) is 3.45. The van der Waals surface area contributed by atoms with Crippen molar-refractivity contribution in [2.75, 3.05) is 12.0 Å².